The summed E-state index contributed by atoms with van der Waals surface area (Å²) < 4.78 is 5.00. The van der Waals surface area contributed by atoms with Crippen LogP contribution in [0.2, 0.25) is 0 Å². The molecule has 2 N–H and O–H groups in total. The quantitative estimate of drug-likeness (QED) is 0.601. The van der Waals surface area contributed by atoms with Gasteiger partial charge in [0, 0.05) is 5.69 Å². The number of rotatable bonds is 6. The molecule has 28 heavy (non-hydrogen) atoms. The molecule has 0 saturated carbocycles. The second kappa shape index (κ2) is 8.94. The maximum absolute atomic E-state index is 12.2. The minimum atomic E-state index is -0.700. The number of ether oxygens (including phenoxy) is 1. The monoisotopic (exact) mass is 411 g/mol. The van der Waals surface area contributed by atoms with E-state index in [9.17, 15) is 14.4 Å². The Bertz CT molecular complexity index is 1050. The van der Waals surface area contributed by atoms with E-state index in [0.29, 0.717) is 21.1 Å². The predicted molar refractivity (Wildman–Crippen MR) is 107 cm³/mol. The van der Waals surface area contributed by atoms with Crippen molar-refractivity contribution >= 4 is 51.1 Å². The molecule has 2 aromatic heterocycles. The van der Waals surface area contributed by atoms with E-state index in [1.54, 1.807) is 41.1 Å². The van der Waals surface area contributed by atoms with Crippen molar-refractivity contribution in [1.29, 1.82) is 5.26 Å². The molecule has 0 aliphatic carbocycles. The third-order valence-electron chi connectivity index (χ3n) is 3.47. The molecule has 0 radical (unpaired) electrons. The number of thiophene rings is 2. The highest BCUT2D eigenvalue weighted by atomic mass is 32.1. The predicted octanol–water partition coefficient (Wildman–Crippen LogP) is 3.73. The van der Waals surface area contributed by atoms with Crippen molar-refractivity contribution in [3.8, 4) is 6.07 Å². The molecule has 2 heterocycles. The fourth-order valence-electron chi connectivity index (χ4n) is 2.20. The first kappa shape index (κ1) is 19.3. The minimum absolute atomic E-state index is 0.200. The number of nitriles is 1. The Morgan fingerprint density at radius 2 is 1.89 bits per heavy atom. The molecule has 7 nitrogen and oxygen atoms in total. The molecule has 1 aromatic carbocycles. The Morgan fingerprint density at radius 3 is 2.64 bits per heavy atom. The first-order valence-electron chi connectivity index (χ1n) is 7.96. The van der Waals surface area contributed by atoms with E-state index in [2.05, 4.69) is 10.6 Å². The van der Waals surface area contributed by atoms with Crippen molar-refractivity contribution < 1.29 is 19.1 Å². The molecule has 0 saturated heterocycles. The third-order valence-corrected chi connectivity index (χ3v) is 5.17. The highest BCUT2D eigenvalue weighted by Gasteiger charge is 2.14. The number of hydrogen-bond acceptors (Lipinski definition) is 7. The maximum atomic E-state index is 12.2. The van der Waals surface area contributed by atoms with Gasteiger partial charge in [0.15, 0.2) is 6.61 Å². The molecule has 0 bridgehead atoms. The van der Waals surface area contributed by atoms with Crippen LogP contribution in [-0.4, -0.2) is 24.4 Å². The van der Waals surface area contributed by atoms with Gasteiger partial charge < -0.3 is 15.4 Å². The first-order chi connectivity index (χ1) is 13.6. The van der Waals surface area contributed by atoms with Gasteiger partial charge in [-0.1, -0.05) is 12.1 Å². The Morgan fingerprint density at radius 1 is 1.04 bits per heavy atom. The minimum Gasteiger partial charge on any atom is -0.452 e. The van der Waals surface area contributed by atoms with Gasteiger partial charge in [0.25, 0.3) is 11.8 Å². The summed E-state index contributed by atoms with van der Waals surface area (Å²) in [4.78, 5) is 36.7. The van der Waals surface area contributed by atoms with Crippen molar-refractivity contribution in [3.05, 3.63) is 69.2 Å². The summed E-state index contributed by atoms with van der Waals surface area (Å²) in [7, 11) is 0. The number of carbonyl (C=O) groups is 3. The molecule has 3 rings (SSSR count). The Balaban J connectivity index is 1.56. The van der Waals surface area contributed by atoms with Gasteiger partial charge in [0.2, 0.25) is 0 Å². The average molecular weight is 411 g/mol. The van der Waals surface area contributed by atoms with Gasteiger partial charge in [-0.05, 0) is 41.1 Å². The standard InChI is InChI=1S/C19H13N3O4S2/c20-10-13-6-8-28-18(13)22-16(23)11-26-19(25)12-3-1-4-14(9-12)21-17(24)15-5-2-7-27-15/h1-9H,11H2,(H,21,24)(H,22,23). The molecule has 0 unspecified atom stereocenters. The van der Waals surface area contributed by atoms with Crippen LogP contribution in [0.3, 0.4) is 0 Å². The second-order valence-electron chi connectivity index (χ2n) is 5.41. The third kappa shape index (κ3) is 4.82. The molecule has 0 aliphatic rings. The van der Waals surface area contributed by atoms with Crippen molar-refractivity contribution in [1.82, 2.24) is 0 Å². The van der Waals surface area contributed by atoms with Crippen LogP contribution < -0.4 is 10.6 Å². The van der Waals surface area contributed by atoms with Crippen molar-refractivity contribution in [2.75, 3.05) is 17.2 Å². The largest absolute Gasteiger partial charge is 0.452 e. The lowest BCUT2D eigenvalue weighted by molar-refractivity contribution is -0.119. The number of esters is 1. The zero-order chi connectivity index (χ0) is 19.9. The normalized spacial score (nSPS) is 9.96. The van der Waals surface area contributed by atoms with Crippen molar-refractivity contribution in [2.45, 2.75) is 0 Å². The number of benzene rings is 1. The van der Waals surface area contributed by atoms with Crippen molar-refractivity contribution in [2.24, 2.45) is 0 Å². The van der Waals surface area contributed by atoms with E-state index >= 15 is 0 Å². The zero-order valence-electron chi connectivity index (χ0n) is 14.3. The fraction of sp³-hybridized carbons (Fsp3) is 0.0526. The maximum Gasteiger partial charge on any atom is 0.338 e. The molecule has 0 spiro atoms. The summed E-state index contributed by atoms with van der Waals surface area (Å²) in [5, 5.41) is 18.0. The van der Waals surface area contributed by atoms with Gasteiger partial charge >= 0.3 is 5.97 Å². The summed E-state index contributed by atoms with van der Waals surface area (Å²) in [6.07, 6.45) is 0. The Labute approximate surface area is 168 Å². The molecule has 0 aliphatic heterocycles. The summed E-state index contributed by atoms with van der Waals surface area (Å²) in [6.45, 7) is -0.493. The van der Waals surface area contributed by atoms with Crippen LogP contribution in [0.15, 0.2) is 53.2 Å². The number of anilines is 2. The van der Waals surface area contributed by atoms with Crippen LogP contribution in [0.5, 0.6) is 0 Å². The summed E-state index contributed by atoms with van der Waals surface area (Å²) in [5.41, 5.74) is 0.985. The SMILES string of the molecule is N#Cc1ccsc1NC(=O)COC(=O)c1cccc(NC(=O)c2cccs2)c1. The van der Waals surface area contributed by atoms with Crippen LogP contribution in [0.25, 0.3) is 0 Å². The molecule has 2 amide bonds. The van der Waals surface area contributed by atoms with Crippen molar-refractivity contribution in [3.63, 3.8) is 0 Å². The molecule has 9 heteroatoms. The van der Waals surface area contributed by atoms with E-state index in [0.717, 1.165) is 0 Å². The number of nitrogens with zero attached hydrogens (tertiary/aromatic N) is 1. The van der Waals surface area contributed by atoms with Crippen LogP contribution in [0.1, 0.15) is 25.6 Å². The van der Waals surface area contributed by atoms with Crippen LogP contribution >= 0.6 is 22.7 Å². The molecular formula is C19H13N3O4S2. The Kier molecular flexibility index (Phi) is 6.16. The summed E-state index contributed by atoms with van der Waals surface area (Å²) in [6, 6.07) is 13.3. The van der Waals surface area contributed by atoms with Gasteiger partial charge in [-0.3, -0.25) is 9.59 Å². The summed E-state index contributed by atoms with van der Waals surface area (Å²) >= 11 is 2.51. The second-order valence-corrected chi connectivity index (χ2v) is 7.28. The van der Waals surface area contributed by atoms with E-state index < -0.39 is 18.5 Å². The molecule has 0 atom stereocenters. The molecule has 3 aromatic rings. The summed E-state index contributed by atoms with van der Waals surface area (Å²) in [5.74, 6) is -1.52. The van der Waals surface area contributed by atoms with Gasteiger partial charge in [0.1, 0.15) is 11.1 Å². The lowest BCUT2D eigenvalue weighted by Crippen LogP contribution is -2.21. The smallest absolute Gasteiger partial charge is 0.338 e. The van der Waals surface area contributed by atoms with E-state index in [4.69, 9.17) is 10.00 Å². The van der Waals surface area contributed by atoms with Gasteiger partial charge in [-0.15, -0.1) is 22.7 Å². The van der Waals surface area contributed by atoms with Crippen LogP contribution in [0.4, 0.5) is 10.7 Å². The number of hydrogen-bond donors (Lipinski definition) is 2. The highest BCUT2D eigenvalue weighted by Crippen LogP contribution is 2.22. The Hall–Kier alpha value is -3.48. The van der Waals surface area contributed by atoms with Crippen LogP contribution in [0, 0.1) is 11.3 Å². The molecular weight excluding hydrogens is 398 g/mol. The average Bonchev–Trinajstić information content (AvgIpc) is 3.38. The fourth-order valence-corrected chi connectivity index (χ4v) is 3.57. The lowest BCUT2D eigenvalue weighted by atomic mass is 10.2. The van der Waals surface area contributed by atoms with Gasteiger partial charge in [-0.2, -0.15) is 5.26 Å². The molecule has 140 valence electrons. The van der Waals surface area contributed by atoms with E-state index in [1.165, 1.54) is 34.8 Å². The zero-order valence-corrected chi connectivity index (χ0v) is 15.9. The van der Waals surface area contributed by atoms with E-state index in [-0.39, 0.29) is 11.5 Å². The highest BCUT2D eigenvalue weighted by molar-refractivity contribution is 7.14. The lowest BCUT2D eigenvalue weighted by Gasteiger charge is -2.08. The molecule has 0 fully saturated rings. The van der Waals surface area contributed by atoms with E-state index in [1.807, 2.05) is 6.07 Å². The first-order valence-corrected chi connectivity index (χ1v) is 9.72. The van der Waals surface area contributed by atoms with Gasteiger partial charge in [0.05, 0.1) is 16.0 Å². The van der Waals surface area contributed by atoms with Crippen LogP contribution in [-0.2, 0) is 9.53 Å². The number of nitrogens with one attached hydrogen (secondary N) is 2. The topological polar surface area (TPSA) is 108 Å². The number of carbonyl (C=O) groups excluding carboxylic acids is 3. The van der Waals surface area contributed by atoms with Gasteiger partial charge in [-0.25, -0.2) is 4.79 Å². The number of amides is 2.